The Morgan fingerprint density at radius 1 is 1.19 bits per heavy atom. The van der Waals surface area contributed by atoms with Gasteiger partial charge in [-0.2, -0.15) is 5.10 Å². The molecule has 2 atom stereocenters. The second kappa shape index (κ2) is 4.56. The van der Waals surface area contributed by atoms with E-state index in [1.54, 1.807) is 0 Å². The molecule has 0 radical (unpaired) electrons. The first-order valence-electron chi connectivity index (χ1n) is 6.44. The Morgan fingerprint density at radius 3 is 2.31 bits per heavy atom. The number of aromatic amines is 1. The van der Waals surface area contributed by atoms with Crippen molar-refractivity contribution in [2.75, 3.05) is 0 Å². The zero-order valence-corrected chi connectivity index (χ0v) is 10.8. The molecule has 1 aromatic rings. The summed E-state index contributed by atoms with van der Waals surface area (Å²) >= 11 is 0. The topological polar surface area (TPSA) is 41.6 Å². The van der Waals surface area contributed by atoms with E-state index < -0.39 is 0 Å². The molecule has 90 valence electrons. The molecule has 1 aliphatic carbocycles. The van der Waals surface area contributed by atoms with E-state index in [0.717, 1.165) is 41.7 Å². The van der Waals surface area contributed by atoms with Crippen molar-refractivity contribution in [2.24, 2.45) is 23.7 Å². The number of rotatable bonds is 2. The molecule has 1 saturated carbocycles. The van der Waals surface area contributed by atoms with E-state index in [2.05, 4.69) is 36.0 Å². The van der Waals surface area contributed by atoms with Gasteiger partial charge in [-0.1, -0.05) is 20.8 Å². The summed E-state index contributed by atoms with van der Waals surface area (Å²) in [6.45, 7) is 9.11. The molecule has 0 aliphatic heterocycles. The van der Waals surface area contributed by atoms with Gasteiger partial charge in [-0.3, -0.25) is 5.10 Å². The molecule has 16 heavy (non-hydrogen) atoms. The van der Waals surface area contributed by atoms with E-state index in [0.29, 0.717) is 0 Å². The highest BCUT2D eigenvalue weighted by Gasteiger charge is 2.31. The number of nitrogens with one attached hydrogen (secondary N) is 1. The van der Waals surface area contributed by atoms with Crippen molar-refractivity contribution in [3.8, 4) is 0 Å². The number of aryl methyl sites for hydroxylation is 1. The first-order chi connectivity index (χ1) is 7.56. The van der Waals surface area contributed by atoms with Gasteiger partial charge in [-0.05, 0) is 43.4 Å². The van der Waals surface area contributed by atoms with Crippen LogP contribution in [0.25, 0.3) is 0 Å². The summed E-state index contributed by atoms with van der Waals surface area (Å²) in [5, 5.41) is 7.20. The third kappa shape index (κ3) is 2.45. The summed E-state index contributed by atoms with van der Waals surface area (Å²) in [5.74, 6) is 5.17. The van der Waals surface area contributed by atoms with Gasteiger partial charge in [0.1, 0.15) is 5.82 Å². The van der Waals surface area contributed by atoms with Crippen molar-refractivity contribution in [2.45, 2.75) is 47.0 Å². The molecule has 0 amide bonds. The number of nitrogens with zero attached hydrogens (tertiary/aromatic N) is 2. The van der Waals surface area contributed by atoms with Crippen molar-refractivity contribution in [3.63, 3.8) is 0 Å². The molecular weight excluding hydrogens is 198 g/mol. The van der Waals surface area contributed by atoms with Crippen LogP contribution in [-0.4, -0.2) is 15.2 Å². The quantitative estimate of drug-likeness (QED) is 0.834. The maximum absolute atomic E-state index is 4.43. The maximum Gasteiger partial charge on any atom is 0.150 e. The third-order valence-corrected chi connectivity index (χ3v) is 4.07. The Bertz CT molecular complexity index is 333. The van der Waals surface area contributed by atoms with E-state index >= 15 is 0 Å². The van der Waals surface area contributed by atoms with Crippen LogP contribution >= 0.6 is 0 Å². The molecule has 0 saturated heterocycles. The van der Waals surface area contributed by atoms with Gasteiger partial charge in [-0.15, -0.1) is 0 Å². The summed E-state index contributed by atoms with van der Waals surface area (Å²) in [6.07, 6.45) is 3.76. The first-order valence-corrected chi connectivity index (χ1v) is 6.44. The molecule has 0 bridgehead atoms. The zero-order chi connectivity index (χ0) is 11.7. The second-order valence-electron chi connectivity index (χ2n) is 5.74. The summed E-state index contributed by atoms with van der Waals surface area (Å²) in [4.78, 5) is 4.43. The molecule has 1 fully saturated rings. The number of hydrogen-bond donors (Lipinski definition) is 1. The molecule has 1 aromatic heterocycles. The van der Waals surface area contributed by atoms with E-state index in [4.69, 9.17) is 0 Å². The largest absolute Gasteiger partial charge is 0.263 e. The normalized spacial score (nSPS) is 35.2. The van der Waals surface area contributed by atoms with Gasteiger partial charge < -0.3 is 0 Å². The Labute approximate surface area is 98.1 Å². The van der Waals surface area contributed by atoms with Gasteiger partial charge in [-0.25, -0.2) is 4.98 Å². The lowest BCUT2D eigenvalue weighted by Gasteiger charge is -2.37. The third-order valence-electron chi connectivity index (χ3n) is 4.07. The SMILES string of the molecule is Cc1nc(CC2C(C)CC(C)CC2C)n[nH]1. The summed E-state index contributed by atoms with van der Waals surface area (Å²) < 4.78 is 0. The molecule has 0 spiro atoms. The van der Waals surface area contributed by atoms with E-state index in [9.17, 15) is 0 Å². The minimum absolute atomic E-state index is 0.756. The Hall–Kier alpha value is -0.860. The van der Waals surface area contributed by atoms with Crippen LogP contribution in [0.5, 0.6) is 0 Å². The van der Waals surface area contributed by atoms with E-state index in [1.807, 2.05) is 6.92 Å². The summed E-state index contributed by atoms with van der Waals surface area (Å²) in [6, 6.07) is 0. The minimum Gasteiger partial charge on any atom is -0.263 e. The van der Waals surface area contributed by atoms with Crippen LogP contribution in [0.4, 0.5) is 0 Å². The van der Waals surface area contributed by atoms with Crippen molar-refractivity contribution in [1.29, 1.82) is 0 Å². The fourth-order valence-electron chi connectivity index (χ4n) is 3.37. The van der Waals surface area contributed by atoms with Gasteiger partial charge in [0.25, 0.3) is 0 Å². The molecule has 1 heterocycles. The van der Waals surface area contributed by atoms with E-state index in [1.165, 1.54) is 12.8 Å². The molecule has 1 aliphatic rings. The van der Waals surface area contributed by atoms with Gasteiger partial charge in [0.2, 0.25) is 0 Å². The van der Waals surface area contributed by atoms with Crippen molar-refractivity contribution >= 4 is 0 Å². The first kappa shape index (κ1) is 11.6. The lowest BCUT2D eigenvalue weighted by Crippen LogP contribution is -2.30. The average molecular weight is 221 g/mol. The molecule has 0 aromatic carbocycles. The molecule has 2 unspecified atom stereocenters. The molecule has 1 N–H and O–H groups in total. The van der Waals surface area contributed by atoms with Crippen LogP contribution in [0.3, 0.4) is 0 Å². The summed E-state index contributed by atoms with van der Waals surface area (Å²) in [5.41, 5.74) is 0. The van der Waals surface area contributed by atoms with E-state index in [-0.39, 0.29) is 0 Å². The zero-order valence-electron chi connectivity index (χ0n) is 10.8. The number of H-pyrrole nitrogens is 1. The average Bonchev–Trinajstić information content (AvgIpc) is 2.58. The molecule has 2 rings (SSSR count). The standard InChI is InChI=1S/C13H23N3/c1-8-5-9(2)12(10(3)6-8)7-13-14-11(4)15-16-13/h8-10,12H,5-7H2,1-4H3,(H,14,15,16). The Morgan fingerprint density at radius 2 is 1.81 bits per heavy atom. The number of hydrogen-bond acceptors (Lipinski definition) is 2. The monoisotopic (exact) mass is 221 g/mol. The maximum atomic E-state index is 4.43. The van der Waals surface area contributed by atoms with Gasteiger partial charge in [0.05, 0.1) is 0 Å². The molecule has 3 nitrogen and oxygen atoms in total. The number of aromatic nitrogens is 3. The lowest BCUT2D eigenvalue weighted by atomic mass is 9.68. The highest BCUT2D eigenvalue weighted by Crippen LogP contribution is 2.39. The predicted molar refractivity (Wildman–Crippen MR) is 65.0 cm³/mol. The fraction of sp³-hybridized carbons (Fsp3) is 0.846. The minimum atomic E-state index is 0.756. The second-order valence-corrected chi connectivity index (χ2v) is 5.74. The molecular formula is C13H23N3. The highest BCUT2D eigenvalue weighted by atomic mass is 15.2. The Kier molecular flexibility index (Phi) is 3.31. The molecule has 3 heteroatoms. The van der Waals surface area contributed by atoms with Crippen LogP contribution in [0.1, 0.15) is 45.3 Å². The predicted octanol–water partition coefficient (Wildman–Crippen LogP) is 2.97. The van der Waals surface area contributed by atoms with Crippen LogP contribution in [0, 0.1) is 30.6 Å². The highest BCUT2D eigenvalue weighted by molar-refractivity contribution is 4.93. The fourth-order valence-corrected chi connectivity index (χ4v) is 3.37. The van der Waals surface area contributed by atoms with Gasteiger partial charge in [0.15, 0.2) is 5.82 Å². The van der Waals surface area contributed by atoms with Crippen LogP contribution in [-0.2, 0) is 6.42 Å². The van der Waals surface area contributed by atoms with Crippen molar-refractivity contribution in [1.82, 2.24) is 15.2 Å². The van der Waals surface area contributed by atoms with Crippen LogP contribution in [0.2, 0.25) is 0 Å². The lowest BCUT2D eigenvalue weighted by molar-refractivity contribution is 0.134. The van der Waals surface area contributed by atoms with Crippen molar-refractivity contribution < 1.29 is 0 Å². The van der Waals surface area contributed by atoms with Crippen molar-refractivity contribution in [3.05, 3.63) is 11.6 Å². The van der Waals surface area contributed by atoms with Gasteiger partial charge >= 0.3 is 0 Å². The van der Waals surface area contributed by atoms with Crippen LogP contribution < -0.4 is 0 Å². The van der Waals surface area contributed by atoms with Crippen LogP contribution in [0.15, 0.2) is 0 Å². The smallest absolute Gasteiger partial charge is 0.150 e. The summed E-state index contributed by atoms with van der Waals surface area (Å²) in [7, 11) is 0. The van der Waals surface area contributed by atoms with Gasteiger partial charge in [0, 0.05) is 6.42 Å². The Balaban J connectivity index is 2.03.